The Morgan fingerprint density at radius 2 is 2.21 bits per heavy atom. The number of halogens is 1. The molecule has 2 amide bonds. The molecule has 2 atom stereocenters. The predicted molar refractivity (Wildman–Crippen MR) is 81.2 cm³/mol. The molecule has 2 aliphatic rings. The molecule has 0 saturated carbocycles. The quantitative estimate of drug-likeness (QED) is 0.592. The van der Waals surface area contributed by atoms with Gasteiger partial charge in [-0.1, -0.05) is 0 Å². The van der Waals surface area contributed by atoms with E-state index in [-0.39, 0.29) is 35.5 Å². The number of amides is 2. The van der Waals surface area contributed by atoms with Crippen LogP contribution >= 0.6 is 11.6 Å². The molecule has 2 saturated heterocycles. The summed E-state index contributed by atoms with van der Waals surface area (Å²) >= 11 is 5.62. The van der Waals surface area contributed by atoms with Gasteiger partial charge in [0.2, 0.25) is 17.1 Å². The first-order valence-corrected chi connectivity index (χ1v) is 7.71. The summed E-state index contributed by atoms with van der Waals surface area (Å²) in [6.45, 7) is 1.45. The second-order valence-electron chi connectivity index (χ2n) is 5.40. The normalized spacial score (nSPS) is 22.7. The van der Waals surface area contributed by atoms with Gasteiger partial charge in [0.15, 0.2) is 0 Å². The molecule has 0 aromatic carbocycles. The van der Waals surface area contributed by atoms with E-state index in [1.54, 1.807) is 4.90 Å². The maximum Gasteiger partial charge on any atom is 0.290 e. The van der Waals surface area contributed by atoms with Crippen molar-refractivity contribution in [2.45, 2.75) is 18.9 Å². The van der Waals surface area contributed by atoms with E-state index < -0.39 is 0 Å². The summed E-state index contributed by atoms with van der Waals surface area (Å²) in [4.78, 5) is 38.2. The average Bonchev–Trinajstić information content (AvgIpc) is 2.76. The monoisotopic (exact) mass is 359 g/mol. The number of fused-ring (bicyclic) bond motifs is 3. The number of aromatic amines is 1. The van der Waals surface area contributed by atoms with E-state index in [9.17, 15) is 9.59 Å². The summed E-state index contributed by atoms with van der Waals surface area (Å²) in [6.07, 6.45) is 0.752. The molecular weight excluding hydrogens is 342 g/mol. The van der Waals surface area contributed by atoms with Gasteiger partial charge in [0.25, 0.3) is 6.47 Å². The minimum atomic E-state index is -0.291. The zero-order valence-electron chi connectivity index (χ0n) is 12.8. The standard InChI is InChI=1S/C12H16ClN5O3.CH2O2/c13-12-15-9(16-17-12)1-2-10(19)18-3-7-5-21-6-8(4-18)14-11(7)20;2-1-3/h7-8H,1-6H2,(H,14,20)(H,15,16,17);1H,(H,2,3)/t7-,8+;/m1./s1. The summed E-state index contributed by atoms with van der Waals surface area (Å²) < 4.78 is 5.43. The van der Waals surface area contributed by atoms with E-state index in [0.29, 0.717) is 45.0 Å². The van der Waals surface area contributed by atoms with Gasteiger partial charge in [-0.15, -0.1) is 5.10 Å². The van der Waals surface area contributed by atoms with Crippen molar-refractivity contribution in [3.63, 3.8) is 0 Å². The van der Waals surface area contributed by atoms with Gasteiger partial charge in [-0.05, 0) is 11.6 Å². The summed E-state index contributed by atoms with van der Waals surface area (Å²) in [7, 11) is 0. The Balaban J connectivity index is 0.000000647. The van der Waals surface area contributed by atoms with Crippen molar-refractivity contribution in [3.8, 4) is 0 Å². The Bertz CT molecular complexity index is 595. The molecule has 11 heteroatoms. The Labute approximate surface area is 142 Å². The van der Waals surface area contributed by atoms with E-state index in [1.807, 2.05) is 0 Å². The number of carboxylic acid groups (broad SMARTS) is 1. The lowest BCUT2D eigenvalue weighted by molar-refractivity contribution is -0.133. The fourth-order valence-electron chi connectivity index (χ4n) is 2.60. The average molecular weight is 360 g/mol. The summed E-state index contributed by atoms with van der Waals surface area (Å²) in [5.41, 5.74) is 0. The Morgan fingerprint density at radius 1 is 1.46 bits per heavy atom. The number of hydrogen-bond donors (Lipinski definition) is 3. The Hall–Kier alpha value is -2.20. The molecule has 1 aromatic heterocycles. The van der Waals surface area contributed by atoms with Crippen LogP contribution in [0.3, 0.4) is 0 Å². The zero-order valence-corrected chi connectivity index (χ0v) is 13.5. The van der Waals surface area contributed by atoms with Crippen molar-refractivity contribution in [1.29, 1.82) is 0 Å². The molecule has 2 fully saturated rings. The molecule has 2 bridgehead atoms. The zero-order chi connectivity index (χ0) is 17.5. The number of hydrogen-bond acceptors (Lipinski definition) is 6. The molecule has 3 heterocycles. The van der Waals surface area contributed by atoms with Crippen LogP contribution in [-0.4, -0.2) is 75.8 Å². The van der Waals surface area contributed by atoms with Gasteiger partial charge < -0.3 is 20.1 Å². The number of H-pyrrole nitrogens is 1. The SMILES string of the molecule is O=C1N[C@@H]2COC[C@H]1CN(C(=O)CCc1nc(Cl)n[nH]1)C2.O=CO. The smallest absolute Gasteiger partial charge is 0.290 e. The molecule has 10 nitrogen and oxygen atoms in total. The molecule has 24 heavy (non-hydrogen) atoms. The van der Waals surface area contributed by atoms with Crippen LogP contribution in [0.25, 0.3) is 0 Å². The third kappa shape index (κ3) is 4.90. The van der Waals surface area contributed by atoms with Crippen molar-refractivity contribution in [2.75, 3.05) is 26.3 Å². The highest BCUT2D eigenvalue weighted by Gasteiger charge is 2.34. The van der Waals surface area contributed by atoms with Crippen LogP contribution < -0.4 is 5.32 Å². The van der Waals surface area contributed by atoms with Gasteiger partial charge in [0.05, 0.1) is 25.2 Å². The molecular formula is C13H18ClN5O5. The molecule has 3 rings (SSSR count). The van der Waals surface area contributed by atoms with Gasteiger partial charge in [0, 0.05) is 25.9 Å². The van der Waals surface area contributed by atoms with Crippen LogP contribution in [0.2, 0.25) is 5.28 Å². The van der Waals surface area contributed by atoms with Crippen molar-refractivity contribution in [1.82, 2.24) is 25.4 Å². The maximum absolute atomic E-state index is 12.3. The Morgan fingerprint density at radius 3 is 2.88 bits per heavy atom. The number of ether oxygens (including phenoxy) is 1. The first kappa shape index (κ1) is 18.1. The van der Waals surface area contributed by atoms with Gasteiger partial charge >= 0.3 is 0 Å². The molecule has 0 unspecified atom stereocenters. The van der Waals surface area contributed by atoms with Crippen LogP contribution in [0.4, 0.5) is 0 Å². The number of rotatable bonds is 3. The van der Waals surface area contributed by atoms with Gasteiger partial charge in [-0.2, -0.15) is 0 Å². The molecule has 0 aliphatic carbocycles. The minimum absolute atomic E-state index is 0.00378. The van der Waals surface area contributed by atoms with Crippen LogP contribution in [0.15, 0.2) is 0 Å². The number of nitrogens with zero attached hydrogens (tertiary/aromatic N) is 3. The number of carbonyl (C=O) groups is 3. The highest BCUT2D eigenvalue weighted by Crippen LogP contribution is 2.15. The number of aromatic nitrogens is 3. The fraction of sp³-hybridized carbons (Fsp3) is 0.615. The summed E-state index contributed by atoms with van der Waals surface area (Å²) in [6, 6.07) is -0.131. The summed E-state index contributed by atoms with van der Waals surface area (Å²) in [5.74, 6) is 0.257. The molecule has 0 radical (unpaired) electrons. The van der Waals surface area contributed by atoms with Crippen LogP contribution in [0, 0.1) is 5.92 Å². The van der Waals surface area contributed by atoms with E-state index in [2.05, 4.69) is 20.5 Å². The second kappa shape index (κ2) is 8.60. The minimum Gasteiger partial charge on any atom is -0.483 e. The third-order valence-corrected chi connectivity index (χ3v) is 3.84. The number of carbonyl (C=O) groups excluding carboxylic acids is 2. The molecule has 2 aliphatic heterocycles. The molecule has 132 valence electrons. The molecule has 0 spiro atoms. The predicted octanol–water partition coefficient (Wildman–Crippen LogP) is -0.935. The largest absolute Gasteiger partial charge is 0.483 e. The summed E-state index contributed by atoms with van der Waals surface area (Å²) in [5, 5.41) is 16.3. The lowest BCUT2D eigenvalue weighted by Crippen LogP contribution is -2.44. The van der Waals surface area contributed by atoms with Crippen LogP contribution in [0.1, 0.15) is 12.2 Å². The van der Waals surface area contributed by atoms with Crippen molar-refractivity contribution < 1.29 is 24.2 Å². The lowest BCUT2D eigenvalue weighted by atomic mass is 10.1. The topological polar surface area (TPSA) is 138 Å². The highest BCUT2D eigenvalue weighted by atomic mass is 35.5. The molecule has 1 aromatic rings. The number of aryl methyl sites for hydroxylation is 1. The van der Waals surface area contributed by atoms with E-state index in [0.717, 1.165) is 0 Å². The Kier molecular flexibility index (Phi) is 6.50. The van der Waals surface area contributed by atoms with Crippen molar-refractivity contribution >= 4 is 29.9 Å². The van der Waals surface area contributed by atoms with Gasteiger partial charge in [-0.3, -0.25) is 19.5 Å². The van der Waals surface area contributed by atoms with Crippen LogP contribution in [0.5, 0.6) is 0 Å². The second-order valence-corrected chi connectivity index (χ2v) is 5.73. The van der Waals surface area contributed by atoms with E-state index in [4.69, 9.17) is 26.2 Å². The highest BCUT2D eigenvalue weighted by molar-refractivity contribution is 6.28. The molecule has 3 N–H and O–H groups in total. The third-order valence-electron chi connectivity index (χ3n) is 3.67. The lowest BCUT2D eigenvalue weighted by Gasteiger charge is -2.27. The van der Waals surface area contributed by atoms with E-state index in [1.165, 1.54) is 0 Å². The fourth-order valence-corrected chi connectivity index (χ4v) is 2.74. The maximum atomic E-state index is 12.3. The number of nitrogens with one attached hydrogen (secondary N) is 2. The van der Waals surface area contributed by atoms with Crippen LogP contribution in [-0.2, 0) is 25.5 Å². The first-order valence-electron chi connectivity index (χ1n) is 7.34. The van der Waals surface area contributed by atoms with Gasteiger partial charge in [-0.25, -0.2) is 4.98 Å². The van der Waals surface area contributed by atoms with Crippen molar-refractivity contribution in [2.24, 2.45) is 5.92 Å². The van der Waals surface area contributed by atoms with Gasteiger partial charge in [0.1, 0.15) is 5.82 Å². The van der Waals surface area contributed by atoms with E-state index >= 15 is 0 Å². The first-order chi connectivity index (χ1) is 11.5. The van der Waals surface area contributed by atoms with Crippen molar-refractivity contribution in [3.05, 3.63) is 11.1 Å².